The van der Waals surface area contributed by atoms with Crippen molar-refractivity contribution in [3.63, 3.8) is 0 Å². The molecule has 9 heteroatoms. The fourth-order valence-electron chi connectivity index (χ4n) is 3.38. The molecule has 0 aromatic heterocycles. The number of ether oxygens (including phenoxy) is 2. The Hall–Kier alpha value is -4.37. The van der Waals surface area contributed by atoms with Gasteiger partial charge in [-0.2, -0.15) is 0 Å². The first-order valence-corrected chi connectivity index (χ1v) is 11.4. The molecule has 3 aromatic carbocycles. The highest BCUT2D eigenvalue weighted by Crippen LogP contribution is 2.23. The van der Waals surface area contributed by atoms with Gasteiger partial charge in [-0.25, -0.2) is 9.59 Å². The van der Waals surface area contributed by atoms with E-state index in [2.05, 4.69) is 20.7 Å². The maximum Gasteiger partial charge on any atom is 0.337 e. The third kappa shape index (κ3) is 7.57. The number of esters is 1. The number of aryl methyl sites for hydroxylation is 1. The third-order valence-corrected chi connectivity index (χ3v) is 5.33. The van der Waals surface area contributed by atoms with E-state index in [1.165, 1.54) is 13.2 Å². The van der Waals surface area contributed by atoms with Gasteiger partial charge < -0.3 is 25.8 Å². The molecule has 0 spiro atoms. The molecule has 1 unspecified atom stereocenters. The van der Waals surface area contributed by atoms with Crippen molar-refractivity contribution >= 4 is 34.8 Å². The van der Waals surface area contributed by atoms with E-state index in [0.29, 0.717) is 22.7 Å². The van der Waals surface area contributed by atoms with Crippen LogP contribution in [0.1, 0.15) is 28.4 Å². The second-order valence-electron chi connectivity index (χ2n) is 8.19. The van der Waals surface area contributed by atoms with Gasteiger partial charge in [-0.1, -0.05) is 30.3 Å². The number of ketones is 1. The van der Waals surface area contributed by atoms with Gasteiger partial charge in [0.25, 0.3) is 0 Å². The van der Waals surface area contributed by atoms with Crippen molar-refractivity contribution < 1.29 is 23.9 Å². The molecule has 0 radical (unpaired) electrons. The van der Waals surface area contributed by atoms with Gasteiger partial charge in [-0.3, -0.25) is 10.1 Å². The highest BCUT2D eigenvalue weighted by molar-refractivity contribution is 6.00. The summed E-state index contributed by atoms with van der Waals surface area (Å²) in [5.74, 6) is -0.124. The predicted molar refractivity (Wildman–Crippen MR) is 139 cm³/mol. The van der Waals surface area contributed by atoms with Crippen LogP contribution in [-0.2, 0) is 16.0 Å². The number of urea groups is 1. The van der Waals surface area contributed by atoms with E-state index in [1.807, 2.05) is 31.2 Å². The fourth-order valence-corrected chi connectivity index (χ4v) is 3.38. The monoisotopic (exact) mass is 490 g/mol. The van der Waals surface area contributed by atoms with Crippen LogP contribution in [0.4, 0.5) is 21.9 Å². The number of carbonyl (C=O) groups excluding carboxylic acids is 3. The number of carbonyl (C=O) groups is 3. The van der Waals surface area contributed by atoms with E-state index in [9.17, 15) is 14.4 Å². The molecule has 0 bridgehead atoms. The van der Waals surface area contributed by atoms with Crippen LogP contribution in [0, 0.1) is 6.92 Å². The van der Waals surface area contributed by atoms with Gasteiger partial charge in [0.1, 0.15) is 12.0 Å². The molecule has 0 saturated carbocycles. The van der Waals surface area contributed by atoms with Gasteiger partial charge in [-0.05, 0) is 61.4 Å². The highest BCUT2D eigenvalue weighted by atomic mass is 16.5. The van der Waals surface area contributed by atoms with Crippen LogP contribution >= 0.6 is 0 Å². The number of hydrogen-bond acceptors (Lipinski definition) is 7. The number of methoxy groups -OCH3 is 1. The van der Waals surface area contributed by atoms with E-state index < -0.39 is 12.2 Å². The first kappa shape index (κ1) is 26.2. The molecule has 188 valence electrons. The molecule has 0 saturated heterocycles. The van der Waals surface area contributed by atoms with E-state index >= 15 is 0 Å². The van der Waals surface area contributed by atoms with Crippen molar-refractivity contribution in [2.24, 2.45) is 0 Å². The van der Waals surface area contributed by atoms with Crippen molar-refractivity contribution in [3.05, 3.63) is 83.4 Å². The molecule has 5 N–H and O–H groups in total. The summed E-state index contributed by atoms with van der Waals surface area (Å²) < 4.78 is 10.4. The molecule has 0 aliphatic rings. The lowest BCUT2D eigenvalue weighted by Crippen LogP contribution is -2.36. The maximum absolute atomic E-state index is 12.4. The first-order chi connectivity index (χ1) is 17.2. The van der Waals surface area contributed by atoms with E-state index in [-0.39, 0.29) is 24.8 Å². The average Bonchev–Trinajstić information content (AvgIpc) is 2.86. The number of benzene rings is 3. The van der Waals surface area contributed by atoms with Gasteiger partial charge in [-0.15, -0.1) is 0 Å². The summed E-state index contributed by atoms with van der Waals surface area (Å²) in [6.45, 7) is 3.77. The summed E-state index contributed by atoms with van der Waals surface area (Å²) in [6, 6.07) is 18.9. The van der Waals surface area contributed by atoms with Gasteiger partial charge in [0.2, 0.25) is 0 Å². The van der Waals surface area contributed by atoms with Crippen molar-refractivity contribution in [2.75, 3.05) is 30.0 Å². The number of rotatable bonds is 10. The number of anilines is 3. The Morgan fingerprint density at radius 1 is 0.972 bits per heavy atom. The Bertz CT molecular complexity index is 1230. The number of nitrogen functional groups attached to an aromatic ring is 1. The topological polar surface area (TPSA) is 132 Å². The van der Waals surface area contributed by atoms with Crippen LogP contribution in [0.2, 0.25) is 0 Å². The summed E-state index contributed by atoms with van der Waals surface area (Å²) in [4.78, 5) is 36.2. The quantitative estimate of drug-likeness (QED) is 0.191. The van der Waals surface area contributed by atoms with Crippen LogP contribution in [0.3, 0.4) is 0 Å². The molecular weight excluding hydrogens is 460 g/mol. The lowest BCUT2D eigenvalue weighted by Gasteiger charge is -2.17. The second kappa shape index (κ2) is 12.4. The Balaban J connectivity index is 1.44. The molecule has 3 rings (SSSR count). The molecular formula is C27H30N4O5. The lowest BCUT2D eigenvalue weighted by atomic mass is 10.1. The van der Waals surface area contributed by atoms with Crippen LogP contribution in [0.25, 0.3) is 0 Å². The number of nitrogens with two attached hydrogens (primary N) is 1. The zero-order chi connectivity index (χ0) is 26.1. The normalized spacial score (nSPS) is 11.3. The van der Waals surface area contributed by atoms with Gasteiger partial charge in [0, 0.05) is 17.8 Å². The second-order valence-corrected chi connectivity index (χ2v) is 8.19. The number of nitrogens with one attached hydrogen (secondary N) is 3. The Labute approximate surface area is 210 Å². The average molecular weight is 491 g/mol. The van der Waals surface area contributed by atoms with E-state index in [4.69, 9.17) is 10.5 Å². The lowest BCUT2D eigenvalue weighted by molar-refractivity contribution is -0.118. The fraction of sp³-hybridized carbons (Fsp3) is 0.222. The molecule has 3 aromatic rings. The van der Waals surface area contributed by atoms with Crippen LogP contribution < -0.4 is 26.4 Å². The SMILES string of the molecule is COC(=O)c1ccc(OC(C)NCC(=O)Cc2ccc(NC(=O)Nc3ccccc3C)cc2)c(N)c1. The van der Waals surface area contributed by atoms with Gasteiger partial charge in [0.05, 0.1) is 24.9 Å². The molecule has 0 heterocycles. The minimum absolute atomic E-state index is 0.0301. The summed E-state index contributed by atoms with van der Waals surface area (Å²) in [6.07, 6.45) is -0.260. The molecule has 0 aliphatic heterocycles. The zero-order valence-electron chi connectivity index (χ0n) is 20.5. The maximum atomic E-state index is 12.4. The Morgan fingerprint density at radius 2 is 1.69 bits per heavy atom. The number of hydrogen-bond donors (Lipinski definition) is 4. The Kier molecular flexibility index (Phi) is 9.01. The minimum atomic E-state index is -0.487. The third-order valence-electron chi connectivity index (χ3n) is 5.33. The molecule has 36 heavy (non-hydrogen) atoms. The summed E-state index contributed by atoms with van der Waals surface area (Å²) >= 11 is 0. The molecule has 2 amide bonds. The van der Waals surface area contributed by atoms with E-state index in [0.717, 1.165) is 16.8 Å². The molecule has 0 aliphatic carbocycles. The zero-order valence-corrected chi connectivity index (χ0v) is 20.5. The summed E-state index contributed by atoms with van der Waals surface area (Å²) in [7, 11) is 1.30. The van der Waals surface area contributed by atoms with E-state index in [1.54, 1.807) is 43.3 Å². The number of amides is 2. The summed E-state index contributed by atoms with van der Waals surface area (Å²) in [5.41, 5.74) is 9.71. The smallest absolute Gasteiger partial charge is 0.337 e. The molecule has 9 nitrogen and oxygen atoms in total. The van der Waals surface area contributed by atoms with Crippen LogP contribution in [0.15, 0.2) is 66.7 Å². The molecule has 1 atom stereocenters. The minimum Gasteiger partial charge on any atom is -0.473 e. The van der Waals surface area contributed by atoms with Crippen molar-refractivity contribution in [1.82, 2.24) is 5.32 Å². The van der Waals surface area contributed by atoms with Crippen molar-refractivity contribution in [1.29, 1.82) is 0 Å². The predicted octanol–water partition coefficient (Wildman–Crippen LogP) is 4.13. The number of Topliss-reactive ketones (excluding diaryl/α,β-unsaturated/α-hetero) is 1. The van der Waals surface area contributed by atoms with Gasteiger partial charge in [0.15, 0.2) is 5.78 Å². The van der Waals surface area contributed by atoms with Crippen LogP contribution in [-0.4, -0.2) is 37.7 Å². The summed E-state index contributed by atoms with van der Waals surface area (Å²) in [5, 5.41) is 8.60. The number of para-hydroxylation sites is 1. The highest BCUT2D eigenvalue weighted by Gasteiger charge is 2.13. The molecule has 0 fully saturated rings. The van der Waals surface area contributed by atoms with Crippen LogP contribution in [0.5, 0.6) is 5.75 Å². The van der Waals surface area contributed by atoms with Gasteiger partial charge >= 0.3 is 12.0 Å². The van der Waals surface area contributed by atoms with Crippen molar-refractivity contribution in [2.45, 2.75) is 26.5 Å². The standard InChI is InChI=1S/C27H30N4O5/c1-17-6-4-5-7-24(17)31-27(34)30-21-11-8-19(9-12-21)14-22(32)16-29-18(2)36-25-13-10-20(15-23(25)28)26(33)35-3/h4-13,15,18,29H,14,16,28H2,1-3H3,(H2,30,31,34). The first-order valence-electron chi connectivity index (χ1n) is 11.4. The van der Waals surface area contributed by atoms with Crippen molar-refractivity contribution in [3.8, 4) is 5.75 Å². The largest absolute Gasteiger partial charge is 0.473 e. The Morgan fingerprint density at radius 3 is 2.36 bits per heavy atom.